The highest BCUT2D eigenvalue weighted by Gasteiger charge is 2.23. The molecule has 0 saturated heterocycles. The predicted octanol–water partition coefficient (Wildman–Crippen LogP) is 4.39. The normalized spacial score (nSPS) is 11.7. The quantitative estimate of drug-likeness (QED) is 0.783. The van der Waals surface area contributed by atoms with Crippen LogP contribution >= 0.6 is 15.9 Å². The molecular formula is C16H11BrFNO. The molecule has 0 aliphatic rings. The monoisotopic (exact) mass is 331 g/mol. The Labute approximate surface area is 125 Å². The number of nitrogens with zero attached hydrogens (tertiary/aromatic N) is 1. The van der Waals surface area contributed by atoms with Crippen molar-refractivity contribution >= 4 is 21.7 Å². The standard InChI is InChI=1S/C16H11BrFNO/c1-10-13(3-2-4-15(10)17)16(20)14(9-19)11-5-7-12(18)8-6-11/h2-8,14H,1H3. The van der Waals surface area contributed by atoms with E-state index in [2.05, 4.69) is 15.9 Å². The minimum absolute atomic E-state index is 0.280. The van der Waals surface area contributed by atoms with Gasteiger partial charge in [-0.15, -0.1) is 0 Å². The van der Waals surface area contributed by atoms with Gasteiger partial charge in [0.25, 0.3) is 0 Å². The predicted molar refractivity (Wildman–Crippen MR) is 78.0 cm³/mol. The first-order valence-electron chi connectivity index (χ1n) is 5.99. The second kappa shape index (κ2) is 5.98. The van der Waals surface area contributed by atoms with Crippen molar-refractivity contribution in [1.29, 1.82) is 5.26 Å². The second-order valence-electron chi connectivity index (χ2n) is 4.39. The maximum Gasteiger partial charge on any atom is 0.184 e. The van der Waals surface area contributed by atoms with Crippen LogP contribution in [0, 0.1) is 24.1 Å². The number of hydrogen-bond acceptors (Lipinski definition) is 2. The van der Waals surface area contributed by atoms with Gasteiger partial charge in [-0.05, 0) is 36.2 Å². The summed E-state index contributed by atoms with van der Waals surface area (Å²) in [6, 6.07) is 12.7. The molecule has 2 rings (SSSR count). The first kappa shape index (κ1) is 14.4. The molecule has 0 fully saturated rings. The van der Waals surface area contributed by atoms with E-state index in [1.54, 1.807) is 12.1 Å². The third-order valence-electron chi connectivity index (χ3n) is 3.13. The van der Waals surface area contributed by atoms with Crippen LogP contribution in [0.1, 0.15) is 27.4 Å². The zero-order valence-corrected chi connectivity index (χ0v) is 12.3. The number of hydrogen-bond donors (Lipinski definition) is 0. The summed E-state index contributed by atoms with van der Waals surface area (Å²) in [7, 11) is 0. The summed E-state index contributed by atoms with van der Waals surface area (Å²) in [5.41, 5.74) is 1.79. The smallest absolute Gasteiger partial charge is 0.184 e. The maximum atomic E-state index is 12.9. The fourth-order valence-electron chi connectivity index (χ4n) is 1.97. The molecule has 2 nitrogen and oxygen atoms in total. The van der Waals surface area contributed by atoms with Crippen LogP contribution in [-0.2, 0) is 0 Å². The average molecular weight is 332 g/mol. The van der Waals surface area contributed by atoms with Gasteiger partial charge < -0.3 is 0 Å². The molecule has 0 aliphatic carbocycles. The van der Waals surface area contributed by atoms with Gasteiger partial charge in [0.2, 0.25) is 0 Å². The molecule has 0 aliphatic heterocycles. The highest BCUT2D eigenvalue weighted by molar-refractivity contribution is 9.10. The Morgan fingerprint density at radius 1 is 1.25 bits per heavy atom. The van der Waals surface area contributed by atoms with Crippen molar-refractivity contribution in [3.05, 3.63) is 69.4 Å². The SMILES string of the molecule is Cc1c(Br)cccc1C(=O)C(C#N)c1ccc(F)cc1. The highest BCUT2D eigenvalue weighted by Crippen LogP contribution is 2.26. The minimum atomic E-state index is -0.927. The Kier molecular flexibility index (Phi) is 4.31. The number of ketones is 1. The van der Waals surface area contributed by atoms with Gasteiger partial charge in [-0.25, -0.2) is 4.39 Å². The van der Waals surface area contributed by atoms with E-state index in [1.807, 2.05) is 19.1 Å². The molecule has 2 aromatic carbocycles. The molecule has 20 heavy (non-hydrogen) atoms. The van der Waals surface area contributed by atoms with Gasteiger partial charge in [0.05, 0.1) is 6.07 Å². The summed E-state index contributed by atoms with van der Waals surface area (Å²) in [6.45, 7) is 1.82. The molecule has 2 aromatic rings. The Morgan fingerprint density at radius 2 is 1.90 bits per heavy atom. The van der Waals surface area contributed by atoms with Gasteiger partial charge in [-0.1, -0.05) is 40.2 Å². The fraction of sp³-hybridized carbons (Fsp3) is 0.125. The molecular weight excluding hydrogens is 321 g/mol. The van der Waals surface area contributed by atoms with E-state index in [0.717, 1.165) is 10.0 Å². The lowest BCUT2D eigenvalue weighted by molar-refractivity contribution is 0.0978. The van der Waals surface area contributed by atoms with E-state index < -0.39 is 11.7 Å². The molecule has 0 radical (unpaired) electrons. The Balaban J connectivity index is 2.42. The fourth-order valence-corrected chi connectivity index (χ4v) is 2.34. The molecule has 0 bridgehead atoms. The van der Waals surface area contributed by atoms with Crippen molar-refractivity contribution in [3.8, 4) is 6.07 Å². The zero-order valence-electron chi connectivity index (χ0n) is 10.7. The lowest BCUT2D eigenvalue weighted by Crippen LogP contribution is -2.13. The van der Waals surface area contributed by atoms with Crippen LogP contribution in [0.25, 0.3) is 0 Å². The Morgan fingerprint density at radius 3 is 2.50 bits per heavy atom. The summed E-state index contributed by atoms with van der Waals surface area (Å²) >= 11 is 3.37. The molecule has 1 unspecified atom stereocenters. The molecule has 0 N–H and O–H groups in total. The summed E-state index contributed by atoms with van der Waals surface area (Å²) in [5.74, 6) is -1.60. The number of Topliss-reactive ketones (excluding diaryl/α,β-unsaturated/α-hetero) is 1. The average Bonchev–Trinajstić information content (AvgIpc) is 2.44. The van der Waals surface area contributed by atoms with Crippen LogP contribution in [0.3, 0.4) is 0 Å². The molecule has 0 saturated carbocycles. The number of carbonyl (C=O) groups excluding carboxylic acids is 1. The lowest BCUT2D eigenvalue weighted by atomic mass is 9.90. The van der Waals surface area contributed by atoms with E-state index in [-0.39, 0.29) is 5.78 Å². The van der Waals surface area contributed by atoms with Crippen molar-refractivity contribution in [2.45, 2.75) is 12.8 Å². The van der Waals surface area contributed by atoms with Crippen molar-refractivity contribution in [3.63, 3.8) is 0 Å². The van der Waals surface area contributed by atoms with Crippen molar-refractivity contribution < 1.29 is 9.18 Å². The van der Waals surface area contributed by atoms with Crippen LogP contribution < -0.4 is 0 Å². The molecule has 0 spiro atoms. The van der Waals surface area contributed by atoms with Crippen LogP contribution in [0.2, 0.25) is 0 Å². The number of nitriles is 1. The Hall–Kier alpha value is -1.99. The largest absolute Gasteiger partial charge is 0.292 e. The van der Waals surface area contributed by atoms with Gasteiger partial charge in [0.15, 0.2) is 5.78 Å². The van der Waals surface area contributed by atoms with Gasteiger partial charge in [-0.2, -0.15) is 5.26 Å². The summed E-state index contributed by atoms with van der Waals surface area (Å²) in [6.07, 6.45) is 0. The molecule has 100 valence electrons. The molecule has 0 amide bonds. The topological polar surface area (TPSA) is 40.9 Å². The summed E-state index contributed by atoms with van der Waals surface area (Å²) < 4.78 is 13.7. The van der Waals surface area contributed by atoms with Crippen LogP contribution in [0.15, 0.2) is 46.9 Å². The van der Waals surface area contributed by atoms with Crippen molar-refractivity contribution in [2.24, 2.45) is 0 Å². The molecule has 0 aromatic heterocycles. The Bertz CT molecular complexity index is 689. The number of carbonyl (C=O) groups is 1. The minimum Gasteiger partial charge on any atom is -0.292 e. The number of halogens is 2. The number of benzene rings is 2. The van der Waals surface area contributed by atoms with Gasteiger partial charge in [0, 0.05) is 10.0 Å². The van der Waals surface area contributed by atoms with Crippen molar-refractivity contribution in [2.75, 3.05) is 0 Å². The zero-order chi connectivity index (χ0) is 14.7. The first-order chi connectivity index (χ1) is 9.54. The van der Waals surface area contributed by atoms with Gasteiger partial charge >= 0.3 is 0 Å². The molecule has 0 heterocycles. The van der Waals surface area contributed by atoms with Crippen molar-refractivity contribution in [1.82, 2.24) is 0 Å². The highest BCUT2D eigenvalue weighted by atomic mass is 79.9. The maximum absolute atomic E-state index is 12.9. The van der Waals surface area contributed by atoms with E-state index in [0.29, 0.717) is 11.1 Å². The second-order valence-corrected chi connectivity index (χ2v) is 5.24. The van der Waals surface area contributed by atoms with Crippen LogP contribution in [0.5, 0.6) is 0 Å². The van der Waals surface area contributed by atoms with E-state index in [1.165, 1.54) is 24.3 Å². The van der Waals surface area contributed by atoms with Crippen LogP contribution in [0.4, 0.5) is 4.39 Å². The third kappa shape index (κ3) is 2.78. The summed E-state index contributed by atoms with van der Waals surface area (Å²) in [5, 5.41) is 9.26. The molecule has 4 heteroatoms. The number of rotatable bonds is 3. The summed E-state index contributed by atoms with van der Waals surface area (Å²) in [4.78, 5) is 12.5. The van der Waals surface area contributed by atoms with Gasteiger partial charge in [0.1, 0.15) is 11.7 Å². The lowest BCUT2D eigenvalue weighted by Gasteiger charge is -2.11. The molecule has 1 atom stereocenters. The van der Waals surface area contributed by atoms with E-state index in [4.69, 9.17) is 0 Å². The van der Waals surface area contributed by atoms with E-state index in [9.17, 15) is 14.4 Å². The third-order valence-corrected chi connectivity index (χ3v) is 3.99. The van der Waals surface area contributed by atoms with E-state index >= 15 is 0 Å². The van der Waals surface area contributed by atoms with Gasteiger partial charge in [-0.3, -0.25) is 4.79 Å². The first-order valence-corrected chi connectivity index (χ1v) is 6.78. The van der Waals surface area contributed by atoms with Crippen LogP contribution in [-0.4, -0.2) is 5.78 Å².